The van der Waals surface area contributed by atoms with Crippen molar-refractivity contribution in [1.29, 1.82) is 0 Å². The van der Waals surface area contributed by atoms with Gasteiger partial charge in [-0.1, -0.05) is 29.5 Å². The van der Waals surface area contributed by atoms with Crippen molar-refractivity contribution < 1.29 is 9.21 Å². The third-order valence-electron chi connectivity index (χ3n) is 4.16. The average molecular weight is 427 g/mol. The van der Waals surface area contributed by atoms with Crippen molar-refractivity contribution in [1.82, 2.24) is 19.9 Å². The van der Waals surface area contributed by atoms with Crippen LogP contribution in [0.1, 0.15) is 11.1 Å². The van der Waals surface area contributed by atoms with E-state index in [0.29, 0.717) is 21.9 Å². The molecule has 29 heavy (non-hydrogen) atoms. The van der Waals surface area contributed by atoms with Gasteiger partial charge in [-0.05, 0) is 37.6 Å². The molecule has 0 fully saturated rings. The molecule has 0 saturated carbocycles. The van der Waals surface area contributed by atoms with E-state index in [4.69, 9.17) is 10.3 Å². The van der Waals surface area contributed by atoms with Gasteiger partial charge in [-0.3, -0.25) is 4.79 Å². The molecule has 0 atom stereocenters. The quantitative estimate of drug-likeness (QED) is 0.357. The maximum Gasteiger partial charge on any atom is 0.236 e. The van der Waals surface area contributed by atoms with E-state index >= 15 is 0 Å². The highest BCUT2D eigenvalue weighted by Crippen LogP contribution is 2.28. The molecule has 4 aromatic rings. The third kappa shape index (κ3) is 4.17. The molecular weight excluding hydrogens is 408 g/mol. The van der Waals surface area contributed by atoms with Crippen LogP contribution in [0.5, 0.6) is 0 Å². The summed E-state index contributed by atoms with van der Waals surface area (Å²) in [6, 6.07) is 9.71. The lowest BCUT2D eigenvalue weighted by atomic mass is 10.0. The normalized spacial score (nSPS) is 11.0. The Morgan fingerprint density at radius 1 is 1.31 bits per heavy atom. The number of amides is 1. The van der Waals surface area contributed by atoms with Gasteiger partial charge in [0, 0.05) is 10.9 Å². The first-order chi connectivity index (χ1) is 14.0. The third-order valence-corrected chi connectivity index (χ3v) is 5.86. The summed E-state index contributed by atoms with van der Waals surface area (Å²) < 4.78 is 6.58. The van der Waals surface area contributed by atoms with Crippen LogP contribution in [0.4, 0.5) is 5.13 Å². The molecule has 4 rings (SSSR count). The van der Waals surface area contributed by atoms with Gasteiger partial charge in [0.15, 0.2) is 10.9 Å². The molecule has 1 aromatic carbocycles. The van der Waals surface area contributed by atoms with E-state index in [-0.39, 0.29) is 11.7 Å². The molecule has 0 aliphatic rings. The second kappa shape index (κ2) is 8.10. The van der Waals surface area contributed by atoms with Gasteiger partial charge in [0.25, 0.3) is 0 Å². The molecule has 0 bridgehead atoms. The number of anilines is 1. The lowest BCUT2D eigenvalue weighted by Crippen LogP contribution is -2.16. The van der Waals surface area contributed by atoms with Crippen molar-refractivity contribution in [3.05, 3.63) is 53.1 Å². The number of carbonyl (C=O) groups is 1. The van der Waals surface area contributed by atoms with E-state index in [1.807, 2.05) is 19.2 Å². The molecule has 148 valence electrons. The fourth-order valence-electron chi connectivity index (χ4n) is 2.70. The standard InChI is InChI=1S/C19H18N6O2S2/c1-11-5-6-12(2)13(8-11)14-9-28-18(21-14)22-16(26)10-29-19-24-23-17(25(19)20)15-4-3-7-27-15/h3-9H,10,20H2,1-2H3,(H,21,22,26). The summed E-state index contributed by atoms with van der Waals surface area (Å²) in [5.74, 6) is 6.84. The van der Waals surface area contributed by atoms with Gasteiger partial charge in [-0.25, -0.2) is 9.66 Å². The molecule has 0 aliphatic heterocycles. The number of furan rings is 1. The predicted octanol–water partition coefficient (Wildman–Crippen LogP) is 3.72. The maximum atomic E-state index is 12.3. The van der Waals surface area contributed by atoms with Gasteiger partial charge < -0.3 is 15.6 Å². The summed E-state index contributed by atoms with van der Waals surface area (Å²) in [6.45, 7) is 4.09. The van der Waals surface area contributed by atoms with Crippen LogP contribution in [0.25, 0.3) is 22.8 Å². The number of nitrogens with zero attached hydrogens (tertiary/aromatic N) is 4. The lowest BCUT2D eigenvalue weighted by molar-refractivity contribution is -0.113. The van der Waals surface area contributed by atoms with Crippen molar-refractivity contribution in [2.45, 2.75) is 19.0 Å². The minimum Gasteiger partial charge on any atom is -0.461 e. The highest BCUT2D eigenvalue weighted by molar-refractivity contribution is 7.99. The van der Waals surface area contributed by atoms with Gasteiger partial charge in [0.2, 0.25) is 16.9 Å². The van der Waals surface area contributed by atoms with E-state index in [9.17, 15) is 4.79 Å². The van der Waals surface area contributed by atoms with E-state index in [1.165, 1.54) is 39.6 Å². The summed E-state index contributed by atoms with van der Waals surface area (Å²) >= 11 is 2.58. The summed E-state index contributed by atoms with van der Waals surface area (Å²) in [5, 5.41) is 13.7. The number of hydrogen-bond acceptors (Lipinski definition) is 8. The topological polar surface area (TPSA) is 112 Å². The predicted molar refractivity (Wildman–Crippen MR) is 114 cm³/mol. The van der Waals surface area contributed by atoms with Crippen molar-refractivity contribution in [3.63, 3.8) is 0 Å². The van der Waals surface area contributed by atoms with E-state index in [1.54, 1.807) is 12.1 Å². The first-order valence-electron chi connectivity index (χ1n) is 8.71. The highest BCUT2D eigenvalue weighted by atomic mass is 32.2. The molecule has 3 N–H and O–H groups in total. The number of aromatic nitrogens is 4. The number of thiazole rings is 1. The minimum absolute atomic E-state index is 0.131. The largest absolute Gasteiger partial charge is 0.461 e. The monoisotopic (exact) mass is 426 g/mol. The van der Waals surface area contributed by atoms with Gasteiger partial charge >= 0.3 is 0 Å². The fourth-order valence-corrected chi connectivity index (χ4v) is 4.08. The van der Waals surface area contributed by atoms with E-state index in [0.717, 1.165) is 16.8 Å². The van der Waals surface area contributed by atoms with Gasteiger partial charge in [0.05, 0.1) is 17.7 Å². The smallest absolute Gasteiger partial charge is 0.236 e. The van der Waals surface area contributed by atoms with Crippen LogP contribution in [0.2, 0.25) is 0 Å². The summed E-state index contributed by atoms with van der Waals surface area (Å²) in [7, 11) is 0. The number of nitrogens with two attached hydrogens (primary N) is 1. The Kier molecular flexibility index (Phi) is 5.36. The zero-order valence-corrected chi connectivity index (χ0v) is 17.4. The molecule has 0 aliphatic carbocycles. The van der Waals surface area contributed by atoms with Crippen LogP contribution in [-0.4, -0.2) is 31.5 Å². The number of nitrogen functional groups attached to an aromatic ring is 1. The number of rotatable bonds is 6. The molecule has 1 amide bonds. The fraction of sp³-hybridized carbons (Fsp3) is 0.158. The van der Waals surface area contributed by atoms with Crippen molar-refractivity contribution in [3.8, 4) is 22.8 Å². The lowest BCUT2D eigenvalue weighted by Gasteiger charge is -2.04. The number of nitrogens with one attached hydrogen (secondary N) is 1. The number of hydrogen-bond donors (Lipinski definition) is 2. The zero-order chi connectivity index (χ0) is 20.4. The molecule has 10 heteroatoms. The molecule has 0 unspecified atom stereocenters. The second-order valence-corrected chi connectivity index (χ2v) is 8.15. The van der Waals surface area contributed by atoms with Gasteiger partial charge in [-0.2, -0.15) is 0 Å². The van der Waals surface area contributed by atoms with E-state index in [2.05, 4.69) is 38.7 Å². The number of thioether (sulfide) groups is 1. The highest BCUT2D eigenvalue weighted by Gasteiger charge is 2.16. The van der Waals surface area contributed by atoms with Crippen LogP contribution >= 0.6 is 23.1 Å². The van der Waals surface area contributed by atoms with Crippen molar-refractivity contribution in [2.75, 3.05) is 16.9 Å². The Hall–Kier alpha value is -3.11. The molecular formula is C19H18N6O2S2. The molecule has 0 radical (unpaired) electrons. The second-order valence-electron chi connectivity index (χ2n) is 6.35. The number of carbonyl (C=O) groups excluding carboxylic acids is 1. The molecule has 8 nitrogen and oxygen atoms in total. The Balaban J connectivity index is 1.39. The van der Waals surface area contributed by atoms with Crippen LogP contribution in [0, 0.1) is 13.8 Å². The van der Waals surface area contributed by atoms with Crippen LogP contribution in [-0.2, 0) is 4.79 Å². The Labute approximate surface area is 175 Å². The molecule has 0 spiro atoms. The summed E-state index contributed by atoms with van der Waals surface area (Å²) in [6.07, 6.45) is 1.53. The summed E-state index contributed by atoms with van der Waals surface area (Å²) in [4.78, 5) is 16.9. The van der Waals surface area contributed by atoms with Gasteiger partial charge in [0.1, 0.15) is 0 Å². The zero-order valence-electron chi connectivity index (χ0n) is 15.7. The van der Waals surface area contributed by atoms with Gasteiger partial charge in [-0.15, -0.1) is 21.5 Å². The molecule has 0 saturated heterocycles. The van der Waals surface area contributed by atoms with Crippen LogP contribution < -0.4 is 11.2 Å². The molecule has 3 heterocycles. The Morgan fingerprint density at radius 3 is 2.97 bits per heavy atom. The van der Waals surface area contributed by atoms with Crippen LogP contribution in [0.3, 0.4) is 0 Å². The molecule has 3 aromatic heterocycles. The maximum absolute atomic E-state index is 12.3. The first kappa shape index (κ1) is 19.2. The number of benzene rings is 1. The van der Waals surface area contributed by atoms with Crippen molar-refractivity contribution in [2.24, 2.45) is 0 Å². The van der Waals surface area contributed by atoms with Crippen molar-refractivity contribution >= 4 is 34.1 Å². The Bertz CT molecular complexity index is 1150. The SMILES string of the molecule is Cc1ccc(C)c(-c2csc(NC(=O)CSc3nnc(-c4ccco4)n3N)n2)c1. The summed E-state index contributed by atoms with van der Waals surface area (Å²) in [5.41, 5.74) is 4.23. The number of aryl methyl sites for hydroxylation is 2. The van der Waals surface area contributed by atoms with Crippen LogP contribution in [0.15, 0.2) is 51.5 Å². The Morgan fingerprint density at radius 2 is 2.17 bits per heavy atom. The van der Waals surface area contributed by atoms with E-state index < -0.39 is 0 Å². The first-order valence-corrected chi connectivity index (χ1v) is 10.6. The minimum atomic E-state index is -0.195. The average Bonchev–Trinajstić information content (AvgIpc) is 3.44.